The lowest BCUT2D eigenvalue weighted by Crippen LogP contribution is -3.00. The van der Waals surface area contributed by atoms with Gasteiger partial charge in [-0.25, -0.2) is 0 Å². The highest BCUT2D eigenvalue weighted by Crippen LogP contribution is 2.04. The second-order valence-corrected chi connectivity index (χ2v) is 4.00. The van der Waals surface area contributed by atoms with Crippen molar-refractivity contribution >= 4 is 0 Å². The van der Waals surface area contributed by atoms with Crippen LogP contribution in [0.2, 0.25) is 0 Å². The molecule has 0 N–H and O–H groups in total. The summed E-state index contributed by atoms with van der Waals surface area (Å²) in [6.07, 6.45) is 0. The third kappa shape index (κ3) is 2.81. The molecule has 0 aliphatic carbocycles. The van der Waals surface area contributed by atoms with E-state index >= 15 is 0 Å². The van der Waals surface area contributed by atoms with Crippen molar-refractivity contribution in [1.29, 1.82) is 0 Å². The van der Waals surface area contributed by atoms with Gasteiger partial charge >= 0.3 is 5.82 Å². The second kappa shape index (κ2) is 5.92. The number of aryl methyl sites for hydroxylation is 1. The van der Waals surface area contributed by atoms with Gasteiger partial charge in [0.2, 0.25) is 0 Å². The molecule has 1 aromatic heterocycles. The van der Waals surface area contributed by atoms with Crippen LogP contribution in [0.4, 0.5) is 0 Å². The molecule has 5 heteroatoms. The normalized spacial score (nSPS) is 9.95. The number of aromatic nitrogens is 4. The number of nitrogens with zero attached hydrogens (tertiary/aromatic N) is 4. The predicted octanol–water partition coefficient (Wildman–Crippen LogP) is -1.14. The van der Waals surface area contributed by atoms with E-state index in [-0.39, 0.29) is 24.0 Å². The molecule has 0 bridgehead atoms. The first-order valence-electron chi connectivity index (χ1n) is 5.82. The molecule has 3 rings (SSSR count). The van der Waals surface area contributed by atoms with Crippen molar-refractivity contribution in [1.82, 2.24) is 15.0 Å². The van der Waals surface area contributed by atoms with Gasteiger partial charge in [0, 0.05) is 11.7 Å². The molecule has 0 radical (unpaired) electrons. The smallest absolute Gasteiger partial charge is 0.306 e. The van der Waals surface area contributed by atoms with Crippen LogP contribution >= 0.6 is 0 Å². The molecule has 0 saturated heterocycles. The van der Waals surface area contributed by atoms with Crippen LogP contribution in [0.25, 0.3) is 11.4 Å². The number of para-hydroxylation sites is 2. The molecule has 0 amide bonds. The Labute approximate surface area is 128 Å². The average molecular weight is 364 g/mol. The molecule has 3 aromatic rings. The van der Waals surface area contributed by atoms with Crippen LogP contribution in [0.5, 0.6) is 0 Å². The zero-order chi connectivity index (χ0) is 12.4. The average Bonchev–Trinajstić information content (AvgIpc) is 2.83. The van der Waals surface area contributed by atoms with Gasteiger partial charge in [-0.3, -0.25) is 0 Å². The largest absolute Gasteiger partial charge is 1.00 e. The topological polar surface area (TPSA) is 34.6 Å². The van der Waals surface area contributed by atoms with Crippen LogP contribution in [0.3, 0.4) is 0 Å². The maximum atomic E-state index is 4.43. The lowest BCUT2D eigenvalue weighted by molar-refractivity contribution is -0.735. The van der Waals surface area contributed by atoms with Gasteiger partial charge in [-0.2, -0.15) is 0 Å². The van der Waals surface area contributed by atoms with Gasteiger partial charge in [-0.15, -0.1) is 0 Å². The Balaban J connectivity index is 0.00000133. The quantitative estimate of drug-likeness (QED) is 0.426. The molecule has 2 aromatic carbocycles. The Bertz CT molecular complexity index is 593. The third-order valence-corrected chi connectivity index (χ3v) is 2.63. The summed E-state index contributed by atoms with van der Waals surface area (Å²) in [5, 5.41) is 8.85. The molecule has 0 aliphatic rings. The molecule has 0 spiro atoms. The molecule has 4 nitrogen and oxygen atoms in total. The zero-order valence-corrected chi connectivity index (χ0v) is 12.6. The van der Waals surface area contributed by atoms with E-state index in [2.05, 4.69) is 10.2 Å². The Kier molecular flexibility index (Phi) is 4.26. The minimum atomic E-state index is 0. The van der Waals surface area contributed by atoms with Crippen molar-refractivity contribution < 1.29 is 28.8 Å². The summed E-state index contributed by atoms with van der Waals surface area (Å²) in [5.74, 6) is 0.739. The van der Waals surface area contributed by atoms with E-state index < -0.39 is 0 Å². The summed E-state index contributed by atoms with van der Waals surface area (Å²) in [4.78, 5) is 3.59. The van der Waals surface area contributed by atoms with Crippen LogP contribution < -0.4 is 28.8 Å². The number of halogens is 1. The molecule has 1 heterocycles. The van der Waals surface area contributed by atoms with Crippen LogP contribution in [0.1, 0.15) is 5.82 Å². The fourth-order valence-corrected chi connectivity index (χ4v) is 1.84. The highest BCUT2D eigenvalue weighted by Gasteiger charge is 2.18. The van der Waals surface area contributed by atoms with E-state index in [0.29, 0.717) is 0 Å². The number of hydrogen-bond donors (Lipinski definition) is 0. The summed E-state index contributed by atoms with van der Waals surface area (Å²) in [6.45, 7) is 1.89. The van der Waals surface area contributed by atoms with E-state index in [1.54, 1.807) is 9.59 Å². The van der Waals surface area contributed by atoms with Crippen LogP contribution in [0.15, 0.2) is 60.7 Å². The standard InChI is InChI=1S/C14H13N4.HI/c1-12-15-17(13-8-4-2-5-9-13)18(16-12)14-10-6-3-7-11-14;/h2-11H,1H3;1H/q+1;/p-1. The third-order valence-electron chi connectivity index (χ3n) is 2.63. The molecule has 0 unspecified atom stereocenters. The van der Waals surface area contributed by atoms with Crippen LogP contribution in [-0.4, -0.2) is 15.0 Å². The van der Waals surface area contributed by atoms with Crippen LogP contribution in [-0.2, 0) is 0 Å². The molecule has 0 aliphatic heterocycles. The molecular weight excluding hydrogens is 351 g/mol. The van der Waals surface area contributed by atoms with Gasteiger partial charge < -0.3 is 24.0 Å². The van der Waals surface area contributed by atoms with E-state index in [1.807, 2.05) is 67.6 Å². The van der Waals surface area contributed by atoms with E-state index in [4.69, 9.17) is 0 Å². The minimum absolute atomic E-state index is 0. The maximum absolute atomic E-state index is 4.43. The Morgan fingerprint density at radius 2 is 1.47 bits per heavy atom. The van der Waals surface area contributed by atoms with Crippen molar-refractivity contribution in [3.05, 3.63) is 66.5 Å². The summed E-state index contributed by atoms with van der Waals surface area (Å²) in [7, 11) is 0. The van der Waals surface area contributed by atoms with E-state index in [1.165, 1.54) is 0 Å². The van der Waals surface area contributed by atoms with Crippen molar-refractivity contribution in [2.45, 2.75) is 6.92 Å². The van der Waals surface area contributed by atoms with E-state index in [0.717, 1.165) is 17.2 Å². The highest BCUT2D eigenvalue weighted by molar-refractivity contribution is 5.28. The summed E-state index contributed by atoms with van der Waals surface area (Å²) in [5.41, 5.74) is 1.98. The van der Waals surface area contributed by atoms with Gasteiger partial charge in [0.05, 0.1) is 5.10 Å². The lowest BCUT2D eigenvalue weighted by atomic mass is 10.3. The van der Waals surface area contributed by atoms with Crippen molar-refractivity contribution in [2.75, 3.05) is 0 Å². The van der Waals surface area contributed by atoms with Gasteiger partial charge in [0.1, 0.15) is 5.69 Å². The Hall–Kier alpha value is -1.76. The van der Waals surface area contributed by atoms with Crippen molar-refractivity contribution in [3.63, 3.8) is 0 Å². The first-order chi connectivity index (χ1) is 8.84. The number of benzene rings is 2. The van der Waals surface area contributed by atoms with Crippen LogP contribution in [0, 0.1) is 6.92 Å². The number of rotatable bonds is 2. The minimum Gasteiger partial charge on any atom is -1.00 e. The van der Waals surface area contributed by atoms with E-state index in [9.17, 15) is 0 Å². The molecule has 0 saturated carbocycles. The summed E-state index contributed by atoms with van der Waals surface area (Å²) in [6, 6.07) is 20.0. The van der Waals surface area contributed by atoms with Crippen molar-refractivity contribution in [2.24, 2.45) is 0 Å². The number of hydrogen-bond acceptors (Lipinski definition) is 2. The first kappa shape index (κ1) is 13.7. The summed E-state index contributed by atoms with van der Waals surface area (Å²) >= 11 is 0. The summed E-state index contributed by atoms with van der Waals surface area (Å²) < 4.78 is 0. The molecular formula is C14H13IN4. The molecule has 19 heavy (non-hydrogen) atoms. The molecule has 0 atom stereocenters. The monoisotopic (exact) mass is 364 g/mol. The first-order valence-corrected chi connectivity index (χ1v) is 5.82. The lowest BCUT2D eigenvalue weighted by Gasteiger charge is -1.98. The SMILES string of the molecule is Cc1nn(-c2ccccc2)[n+](-c2ccccc2)n1.[I-]. The highest BCUT2D eigenvalue weighted by atomic mass is 127. The second-order valence-electron chi connectivity index (χ2n) is 4.00. The fraction of sp³-hybridized carbons (Fsp3) is 0.0714. The predicted molar refractivity (Wildman–Crippen MR) is 67.6 cm³/mol. The Morgan fingerprint density at radius 3 is 2.11 bits per heavy atom. The fourth-order valence-electron chi connectivity index (χ4n) is 1.84. The zero-order valence-electron chi connectivity index (χ0n) is 10.4. The molecule has 96 valence electrons. The van der Waals surface area contributed by atoms with Gasteiger partial charge in [0.25, 0.3) is 0 Å². The Morgan fingerprint density at radius 1 is 0.895 bits per heavy atom. The van der Waals surface area contributed by atoms with Gasteiger partial charge in [-0.05, 0) is 34.2 Å². The molecule has 0 fully saturated rings. The number of tetrazole rings is 1. The maximum Gasteiger partial charge on any atom is 0.306 e. The van der Waals surface area contributed by atoms with Crippen molar-refractivity contribution in [3.8, 4) is 11.4 Å². The van der Waals surface area contributed by atoms with Gasteiger partial charge in [0.15, 0.2) is 5.69 Å². The van der Waals surface area contributed by atoms with Gasteiger partial charge in [-0.1, -0.05) is 36.4 Å².